The van der Waals surface area contributed by atoms with Gasteiger partial charge in [0.2, 0.25) is 0 Å². The number of fused-ring (bicyclic) bond motifs is 1. The summed E-state index contributed by atoms with van der Waals surface area (Å²) in [6, 6.07) is 15.1. The van der Waals surface area contributed by atoms with Gasteiger partial charge in [0.15, 0.2) is 0 Å². The Bertz CT molecular complexity index is 573. The predicted molar refractivity (Wildman–Crippen MR) is 85.5 cm³/mol. The van der Waals surface area contributed by atoms with Crippen molar-refractivity contribution >= 4 is 10.8 Å². The molecule has 2 aromatic carbocycles. The Morgan fingerprint density at radius 1 is 1.24 bits per heavy atom. The fourth-order valence-corrected chi connectivity index (χ4v) is 2.98. The lowest BCUT2D eigenvalue weighted by atomic mass is 9.99. The number of likely N-dealkylation sites (N-methyl/N-ethyl adjacent to an activating group) is 1. The van der Waals surface area contributed by atoms with E-state index in [-0.39, 0.29) is 12.1 Å². The molecule has 0 radical (unpaired) electrons. The number of benzene rings is 2. The summed E-state index contributed by atoms with van der Waals surface area (Å²) in [6.07, 6.45) is 2.57. The van der Waals surface area contributed by atoms with Crippen molar-refractivity contribution in [3.8, 4) is 0 Å². The van der Waals surface area contributed by atoms with Gasteiger partial charge >= 0.3 is 0 Å². The molecule has 1 fully saturated rings. The van der Waals surface area contributed by atoms with Crippen molar-refractivity contribution in [1.29, 1.82) is 0 Å². The smallest absolute Gasteiger partial charge is 0.0809 e. The van der Waals surface area contributed by atoms with E-state index < -0.39 is 0 Å². The lowest BCUT2D eigenvalue weighted by Crippen LogP contribution is -2.24. The van der Waals surface area contributed by atoms with Crippen LogP contribution in [0.5, 0.6) is 0 Å². The first-order chi connectivity index (χ1) is 10.4. The summed E-state index contributed by atoms with van der Waals surface area (Å²) in [7, 11) is 1.99. The lowest BCUT2D eigenvalue weighted by Gasteiger charge is -2.20. The largest absolute Gasteiger partial charge is 0.377 e. The third kappa shape index (κ3) is 3.43. The monoisotopic (exact) mass is 285 g/mol. The molecule has 1 aliphatic rings. The molecule has 3 heteroatoms. The van der Waals surface area contributed by atoms with Crippen LogP contribution < -0.4 is 5.32 Å². The fraction of sp³-hybridized carbons (Fsp3) is 0.444. The minimum atomic E-state index is 0.206. The standard InChI is InChI=1S/C18H23NO2/c1-19-18(13-20-12-15-8-5-11-21-15)17-10-4-7-14-6-2-3-9-16(14)17/h2-4,6-7,9-10,15,18-19H,5,8,11-13H2,1H3. The Morgan fingerprint density at radius 3 is 2.90 bits per heavy atom. The van der Waals surface area contributed by atoms with Crippen LogP contribution >= 0.6 is 0 Å². The van der Waals surface area contributed by atoms with Crippen LogP contribution in [0.2, 0.25) is 0 Å². The van der Waals surface area contributed by atoms with Crippen molar-refractivity contribution in [2.75, 3.05) is 26.9 Å². The molecule has 21 heavy (non-hydrogen) atoms. The highest BCUT2D eigenvalue weighted by atomic mass is 16.5. The van der Waals surface area contributed by atoms with Crippen molar-refractivity contribution in [2.45, 2.75) is 25.0 Å². The summed E-state index contributed by atoms with van der Waals surface area (Å²) in [4.78, 5) is 0. The second kappa shape index (κ2) is 7.03. The zero-order valence-corrected chi connectivity index (χ0v) is 12.5. The summed E-state index contributed by atoms with van der Waals surface area (Å²) in [6.45, 7) is 2.25. The molecule has 1 saturated heterocycles. The number of hydrogen-bond acceptors (Lipinski definition) is 3. The van der Waals surface area contributed by atoms with Gasteiger partial charge in [0.25, 0.3) is 0 Å². The molecule has 112 valence electrons. The van der Waals surface area contributed by atoms with Crippen LogP contribution in [-0.2, 0) is 9.47 Å². The highest BCUT2D eigenvalue weighted by Crippen LogP contribution is 2.24. The second-order valence-corrected chi connectivity index (χ2v) is 5.58. The van der Waals surface area contributed by atoms with Gasteiger partial charge in [-0.1, -0.05) is 42.5 Å². The van der Waals surface area contributed by atoms with Gasteiger partial charge in [-0.05, 0) is 36.2 Å². The maximum atomic E-state index is 5.89. The SMILES string of the molecule is CNC(COCC1CCCO1)c1cccc2ccccc12. The molecule has 0 bridgehead atoms. The van der Waals surface area contributed by atoms with Crippen molar-refractivity contribution < 1.29 is 9.47 Å². The Balaban J connectivity index is 1.69. The van der Waals surface area contributed by atoms with E-state index >= 15 is 0 Å². The summed E-state index contributed by atoms with van der Waals surface area (Å²) in [5, 5.41) is 5.93. The highest BCUT2D eigenvalue weighted by Gasteiger charge is 2.17. The molecule has 0 aliphatic carbocycles. The number of hydrogen-bond donors (Lipinski definition) is 1. The van der Waals surface area contributed by atoms with E-state index in [4.69, 9.17) is 9.47 Å². The molecule has 3 rings (SSSR count). The quantitative estimate of drug-likeness (QED) is 0.883. The number of ether oxygens (including phenoxy) is 2. The fourth-order valence-electron chi connectivity index (χ4n) is 2.98. The Labute approximate surface area is 126 Å². The third-order valence-electron chi connectivity index (χ3n) is 4.16. The third-order valence-corrected chi connectivity index (χ3v) is 4.16. The molecular formula is C18H23NO2. The zero-order chi connectivity index (χ0) is 14.5. The topological polar surface area (TPSA) is 30.5 Å². The molecule has 3 nitrogen and oxygen atoms in total. The summed E-state index contributed by atoms with van der Waals surface area (Å²) in [5.74, 6) is 0. The molecule has 2 aromatic rings. The van der Waals surface area contributed by atoms with Crippen LogP contribution in [0.1, 0.15) is 24.4 Å². The van der Waals surface area contributed by atoms with Gasteiger partial charge in [0.1, 0.15) is 0 Å². The molecule has 1 N–H and O–H groups in total. The lowest BCUT2D eigenvalue weighted by molar-refractivity contribution is 0.0107. The normalized spacial score (nSPS) is 20.0. The molecule has 1 heterocycles. The number of nitrogens with one attached hydrogen (secondary N) is 1. The number of rotatable bonds is 6. The molecule has 2 unspecified atom stereocenters. The molecule has 0 amide bonds. The van der Waals surface area contributed by atoms with E-state index in [0.717, 1.165) is 19.4 Å². The Kier molecular flexibility index (Phi) is 4.86. The zero-order valence-electron chi connectivity index (χ0n) is 12.5. The van der Waals surface area contributed by atoms with Gasteiger partial charge in [0.05, 0.1) is 25.4 Å². The van der Waals surface area contributed by atoms with E-state index in [1.807, 2.05) is 7.05 Å². The Hall–Kier alpha value is -1.42. The van der Waals surface area contributed by atoms with Crippen molar-refractivity contribution in [3.05, 3.63) is 48.0 Å². The Morgan fingerprint density at radius 2 is 2.10 bits per heavy atom. The minimum absolute atomic E-state index is 0.206. The van der Waals surface area contributed by atoms with Crippen LogP contribution in [0.4, 0.5) is 0 Å². The van der Waals surface area contributed by atoms with Gasteiger partial charge in [-0.3, -0.25) is 0 Å². The molecule has 1 aliphatic heterocycles. The second-order valence-electron chi connectivity index (χ2n) is 5.58. The molecule has 2 atom stereocenters. The van der Waals surface area contributed by atoms with Crippen LogP contribution in [0.15, 0.2) is 42.5 Å². The van der Waals surface area contributed by atoms with Gasteiger partial charge in [0, 0.05) is 6.61 Å². The van der Waals surface area contributed by atoms with E-state index in [9.17, 15) is 0 Å². The first kappa shape index (κ1) is 14.5. The molecular weight excluding hydrogens is 262 g/mol. The maximum absolute atomic E-state index is 5.89. The van der Waals surface area contributed by atoms with Crippen LogP contribution in [0, 0.1) is 0 Å². The van der Waals surface area contributed by atoms with Crippen molar-refractivity contribution in [3.63, 3.8) is 0 Å². The first-order valence-corrected chi connectivity index (χ1v) is 7.73. The van der Waals surface area contributed by atoms with Crippen LogP contribution in [0.3, 0.4) is 0 Å². The molecule has 0 aromatic heterocycles. The average molecular weight is 285 g/mol. The van der Waals surface area contributed by atoms with Gasteiger partial charge in [-0.15, -0.1) is 0 Å². The average Bonchev–Trinajstić information content (AvgIpc) is 3.05. The molecule has 0 spiro atoms. The van der Waals surface area contributed by atoms with Crippen LogP contribution in [0.25, 0.3) is 10.8 Å². The van der Waals surface area contributed by atoms with Gasteiger partial charge in [-0.25, -0.2) is 0 Å². The van der Waals surface area contributed by atoms with E-state index in [0.29, 0.717) is 13.2 Å². The van der Waals surface area contributed by atoms with E-state index in [1.165, 1.54) is 16.3 Å². The van der Waals surface area contributed by atoms with E-state index in [2.05, 4.69) is 47.8 Å². The summed E-state index contributed by atoms with van der Waals surface area (Å²) >= 11 is 0. The van der Waals surface area contributed by atoms with Gasteiger partial charge < -0.3 is 14.8 Å². The summed E-state index contributed by atoms with van der Waals surface area (Å²) in [5.41, 5.74) is 1.29. The minimum Gasteiger partial charge on any atom is -0.377 e. The summed E-state index contributed by atoms with van der Waals surface area (Å²) < 4.78 is 11.5. The van der Waals surface area contributed by atoms with Crippen LogP contribution in [-0.4, -0.2) is 33.0 Å². The highest BCUT2D eigenvalue weighted by molar-refractivity contribution is 5.86. The first-order valence-electron chi connectivity index (χ1n) is 7.73. The predicted octanol–water partition coefficient (Wildman–Crippen LogP) is 3.30. The van der Waals surface area contributed by atoms with Crippen molar-refractivity contribution in [2.24, 2.45) is 0 Å². The van der Waals surface area contributed by atoms with Gasteiger partial charge in [-0.2, -0.15) is 0 Å². The molecule has 0 saturated carbocycles. The van der Waals surface area contributed by atoms with Crippen molar-refractivity contribution in [1.82, 2.24) is 5.32 Å². The van der Waals surface area contributed by atoms with E-state index in [1.54, 1.807) is 0 Å². The maximum Gasteiger partial charge on any atom is 0.0809 e.